The number of fused-ring (bicyclic) bond motifs is 1. The van der Waals surface area contributed by atoms with Crippen molar-refractivity contribution in [1.29, 1.82) is 0 Å². The summed E-state index contributed by atoms with van der Waals surface area (Å²) in [5.41, 5.74) is 1.93. The highest BCUT2D eigenvalue weighted by molar-refractivity contribution is 9.10. The normalized spacial score (nSPS) is 14.9. The molecule has 2 aromatic heterocycles. The van der Waals surface area contributed by atoms with Gasteiger partial charge in [-0.25, -0.2) is 4.79 Å². The van der Waals surface area contributed by atoms with Crippen LogP contribution >= 0.6 is 15.9 Å². The van der Waals surface area contributed by atoms with E-state index in [1.54, 1.807) is 6.92 Å². The van der Waals surface area contributed by atoms with Gasteiger partial charge in [-0.2, -0.15) is 4.98 Å². The number of hydrogen-bond acceptors (Lipinski definition) is 6. The van der Waals surface area contributed by atoms with E-state index in [1.165, 1.54) is 9.13 Å². The number of rotatable bonds is 7. The summed E-state index contributed by atoms with van der Waals surface area (Å²) in [6.45, 7) is 5.61. The van der Waals surface area contributed by atoms with Crippen LogP contribution in [0, 0.1) is 6.92 Å². The summed E-state index contributed by atoms with van der Waals surface area (Å²) in [6.07, 6.45) is 1.67. The minimum atomic E-state index is -0.459. The molecule has 0 unspecified atom stereocenters. The number of benzene rings is 1. The van der Waals surface area contributed by atoms with Crippen LogP contribution in [0.3, 0.4) is 0 Å². The summed E-state index contributed by atoms with van der Waals surface area (Å²) in [7, 11) is 0. The number of aryl methyl sites for hydroxylation is 1. The maximum atomic E-state index is 13.3. The van der Waals surface area contributed by atoms with Gasteiger partial charge in [0.25, 0.3) is 5.56 Å². The lowest BCUT2D eigenvalue weighted by atomic mass is 10.1. The fourth-order valence-corrected chi connectivity index (χ4v) is 4.50. The Morgan fingerprint density at radius 2 is 1.97 bits per heavy atom. The first-order chi connectivity index (χ1) is 15.4. The van der Waals surface area contributed by atoms with E-state index in [0.29, 0.717) is 36.9 Å². The summed E-state index contributed by atoms with van der Waals surface area (Å²) >= 11 is 3.58. The molecule has 0 aliphatic carbocycles. The predicted octanol–water partition coefficient (Wildman–Crippen LogP) is 2.08. The van der Waals surface area contributed by atoms with Crippen molar-refractivity contribution in [3.63, 3.8) is 0 Å². The average Bonchev–Trinajstić information content (AvgIpc) is 3.12. The third-order valence-electron chi connectivity index (χ3n) is 5.89. The van der Waals surface area contributed by atoms with Crippen LogP contribution in [0.2, 0.25) is 0 Å². The Labute approximate surface area is 193 Å². The first-order valence-electron chi connectivity index (χ1n) is 10.9. The molecule has 0 radical (unpaired) electrons. The van der Waals surface area contributed by atoms with E-state index < -0.39 is 5.69 Å². The van der Waals surface area contributed by atoms with Crippen LogP contribution in [0.5, 0.6) is 0 Å². The van der Waals surface area contributed by atoms with Gasteiger partial charge >= 0.3 is 5.69 Å². The quantitative estimate of drug-likeness (QED) is 0.509. The van der Waals surface area contributed by atoms with E-state index in [2.05, 4.69) is 21.2 Å². The summed E-state index contributed by atoms with van der Waals surface area (Å²) in [5, 5.41) is 13.0. The third-order valence-corrected chi connectivity index (χ3v) is 6.74. The Morgan fingerprint density at radius 3 is 2.62 bits per heavy atom. The minimum Gasteiger partial charge on any atom is -0.395 e. The fraction of sp³-hybridized carbons (Fsp3) is 0.500. The fourth-order valence-electron chi connectivity index (χ4n) is 4.08. The molecule has 0 atom stereocenters. The molecule has 32 heavy (non-hydrogen) atoms. The lowest BCUT2D eigenvalue weighted by molar-refractivity contribution is 0.0902. The van der Waals surface area contributed by atoms with Gasteiger partial charge in [0.15, 0.2) is 11.2 Å². The molecule has 172 valence electrons. The maximum Gasteiger partial charge on any atom is 0.332 e. The number of nitrogens with one attached hydrogen (secondary N) is 1. The third kappa shape index (κ3) is 4.26. The Morgan fingerprint density at radius 1 is 1.22 bits per heavy atom. The van der Waals surface area contributed by atoms with Crippen molar-refractivity contribution in [3.05, 3.63) is 54.6 Å². The molecule has 0 spiro atoms. The topological polar surface area (TPSA) is 103 Å². The van der Waals surface area contributed by atoms with Gasteiger partial charge in [-0.15, -0.1) is 0 Å². The first kappa shape index (κ1) is 22.8. The number of ether oxygens (including phenoxy) is 1. The van der Waals surface area contributed by atoms with Gasteiger partial charge in [0.05, 0.1) is 19.7 Å². The zero-order valence-corrected chi connectivity index (χ0v) is 19.9. The standard InChI is InChI=1S/C22H28BrN5O4/c1-3-26-20(30)18-19(27(8-9-29)22(26)31)25-21(24-16-6-10-32-11-7-16)28(18)13-15-5-4-14(2)17(23)12-15/h4-5,12,16,29H,3,6-11,13H2,1-2H3,(H,24,25). The summed E-state index contributed by atoms with van der Waals surface area (Å²) in [5.74, 6) is 0.542. The predicted molar refractivity (Wildman–Crippen MR) is 126 cm³/mol. The molecule has 1 saturated heterocycles. The molecule has 10 heteroatoms. The number of aliphatic hydroxyl groups is 1. The summed E-state index contributed by atoms with van der Waals surface area (Å²) in [4.78, 5) is 30.9. The van der Waals surface area contributed by atoms with E-state index in [0.717, 1.165) is 28.4 Å². The monoisotopic (exact) mass is 505 g/mol. The SMILES string of the molecule is CCn1c(=O)c2c(nc(NC3CCOCC3)n2Cc2ccc(C)c(Br)c2)n(CCO)c1=O. The van der Waals surface area contributed by atoms with Gasteiger partial charge in [-0.05, 0) is 43.9 Å². The van der Waals surface area contributed by atoms with Crippen molar-refractivity contribution in [1.82, 2.24) is 18.7 Å². The molecule has 3 aromatic rings. The van der Waals surface area contributed by atoms with Crippen LogP contribution in [-0.4, -0.2) is 49.7 Å². The molecule has 0 amide bonds. The second kappa shape index (κ2) is 9.60. The molecular weight excluding hydrogens is 478 g/mol. The van der Waals surface area contributed by atoms with Crippen LogP contribution in [0.15, 0.2) is 32.3 Å². The van der Waals surface area contributed by atoms with E-state index >= 15 is 0 Å². The van der Waals surface area contributed by atoms with Crippen molar-refractivity contribution >= 4 is 33.0 Å². The van der Waals surface area contributed by atoms with Gasteiger partial charge in [-0.1, -0.05) is 28.1 Å². The molecule has 1 aromatic carbocycles. The number of halogens is 1. The highest BCUT2D eigenvalue weighted by Gasteiger charge is 2.23. The number of aliphatic hydroxyl groups excluding tert-OH is 1. The van der Waals surface area contributed by atoms with Crippen LogP contribution in [0.1, 0.15) is 30.9 Å². The van der Waals surface area contributed by atoms with Gasteiger partial charge in [0.2, 0.25) is 5.95 Å². The molecule has 0 saturated carbocycles. The first-order valence-corrected chi connectivity index (χ1v) is 11.7. The molecule has 1 aliphatic rings. The largest absolute Gasteiger partial charge is 0.395 e. The Bertz CT molecular complexity index is 1240. The Balaban J connectivity index is 1.92. The van der Waals surface area contributed by atoms with E-state index in [9.17, 15) is 14.7 Å². The summed E-state index contributed by atoms with van der Waals surface area (Å²) in [6, 6.07) is 6.24. The average molecular weight is 506 g/mol. The minimum absolute atomic E-state index is 0.0689. The van der Waals surface area contributed by atoms with Crippen LogP contribution < -0.4 is 16.6 Å². The van der Waals surface area contributed by atoms with Gasteiger partial charge < -0.3 is 15.2 Å². The molecule has 1 aliphatic heterocycles. The second-order valence-corrected chi connectivity index (χ2v) is 8.87. The van der Waals surface area contributed by atoms with Crippen molar-refractivity contribution in [3.8, 4) is 0 Å². The van der Waals surface area contributed by atoms with Crippen LogP contribution in [-0.2, 0) is 24.4 Å². The van der Waals surface area contributed by atoms with Crippen molar-refractivity contribution < 1.29 is 9.84 Å². The molecule has 1 fully saturated rings. The van der Waals surface area contributed by atoms with E-state index in [1.807, 2.05) is 29.7 Å². The van der Waals surface area contributed by atoms with Crippen LogP contribution in [0.4, 0.5) is 5.95 Å². The highest BCUT2D eigenvalue weighted by Crippen LogP contribution is 2.23. The molecule has 3 heterocycles. The number of anilines is 1. The molecule has 2 N–H and O–H groups in total. The lowest BCUT2D eigenvalue weighted by Crippen LogP contribution is -2.40. The molecular formula is C22H28BrN5O4. The second-order valence-electron chi connectivity index (χ2n) is 8.02. The number of nitrogens with zero attached hydrogens (tertiary/aromatic N) is 4. The van der Waals surface area contributed by atoms with Crippen LogP contribution in [0.25, 0.3) is 11.2 Å². The molecule has 0 bridgehead atoms. The number of hydrogen-bond donors (Lipinski definition) is 2. The van der Waals surface area contributed by atoms with Gasteiger partial charge in [-0.3, -0.25) is 18.5 Å². The lowest BCUT2D eigenvalue weighted by Gasteiger charge is -2.24. The number of imidazole rings is 1. The maximum absolute atomic E-state index is 13.3. The molecule has 9 nitrogen and oxygen atoms in total. The zero-order chi connectivity index (χ0) is 22.8. The van der Waals surface area contributed by atoms with Crippen molar-refractivity contribution in [2.45, 2.75) is 52.4 Å². The zero-order valence-electron chi connectivity index (χ0n) is 18.3. The summed E-state index contributed by atoms with van der Waals surface area (Å²) < 4.78 is 10.9. The van der Waals surface area contributed by atoms with Crippen molar-refractivity contribution in [2.24, 2.45) is 0 Å². The van der Waals surface area contributed by atoms with E-state index in [4.69, 9.17) is 9.72 Å². The number of aromatic nitrogens is 4. The van der Waals surface area contributed by atoms with Gasteiger partial charge in [0.1, 0.15) is 0 Å². The van der Waals surface area contributed by atoms with Gasteiger partial charge in [0, 0.05) is 30.3 Å². The van der Waals surface area contributed by atoms with E-state index in [-0.39, 0.29) is 31.3 Å². The molecule has 4 rings (SSSR count). The van der Waals surface area contributed by atoms with Crippen molar-refractivity contribution in [2.75, 3.05) is 25.1 Å². The Hall–Kier alpha value is -2.43. The smallest absolute Gasteiger partial charge is 0.332 e. The Kier molecular flexibility index (Phi) is 6.82. The highest BCUT2D eigenvalue weighted by atomic mass is 79.9.